The van der Waals surface area contributed by atoms with Crippen LogP contribution in [0.15, 0.2) is 54.9 Å². The van der Waals surface area contributed by atoms with Crippen LogP contribution in [-0.4, -0.2) is 33.2 Å². The molecule has 120 valence electrons. The average molecular weight is 321 g/mol. The van der Waals surface area contributed by atoms with Gasteiger partial charge in [-0.2, -0.15) is 0 Å². The number of carbonyl (C=O) groups excluding carboxylic acids is 1. The third kappa shape index (κ3) is 3.70. The fourth-order valence-corrected chi connectivity index (χ4v) is 2.07. The van der Waals surface area contributed by atoms with Crippen molar-refractivity contribution in [2.24, 2.45) is 0 Å². The molecule has 7 nitrogen and oxygen atoms in total. The molecule has 2 aromatic heterocycles. The molecule has 0 spiro atoms. The van der Waals surface area contributed by atoms with Crippen molar-refractivity contribution in [1.29, 1.82) is 0 Å². The van der Waals surface area contributed by atoms with E-state index in [-0.39, 0.29) is 18.1 Å². The Morgan fingerprint density at radius 3 is 2.62 bits per heavy atom. The van der Waals surface area contributed by atoms with E-state index in [1.54, 1.807) is 12.1 Å². The van der Waals surface area contributed by atoms with Crippen LogP contribution in [-0.2, 0) is 6.54 Å². The third-order valence-corrected chi connectivity index (χ3v) is 3.31. The Bertz CT molecular complexity index is 822. The molecule has 0 aliphatic carbocycles. The molecular weight excluding hydrogens is 306 g/mol. The van der Waals surface area contributed by atoms with Crippen molar-refractivity contribution in [2.45, 2.75) is 6.54 Å². The molecule has 1 N–H and O–H groups in total. The van der Waals surface area contributed by atoms with Gasteiger partial charge in [0.15, 0.2) is 5.69 Å². The van der Waals surface area contributed by atoms with Gasteiger partial charge in [-0.05, 0) is 12.1 Å². The summed E-state index contributed by atoms with van der Waals surface area (Å²) < 4.78 is 4.91. The fraction of sp³-hybridized carbons (Fsp3) is 0.118. The molecule has 3 aromatic rings. The van der Waals surface area contributed by atoms with Gasteiger partial charge in [0.25, 0.3) is 5.91 Å². The molecule has 7 heteroatoms. The largest absolute Gasteiger partial charge is 0.480 e. The van der Waals surface area contributed by atoms with Crippen LogP contribution < -0.4 is 10.1 Å². The maximum atomic E-state index is 12.1. The standard InChI is InChI=1S/C17H15N5O2/c1-24-16-8-7-14(21-22-16)17(23)18-10-13-9-15(20-11-19-13)12-5-3-2-4-6-12/h2-9,11H,10H2,1H3,(H,18,23). The van der Waals surface area contributed by atoms with Gasteiger partial charge < -0.3 is 10.1 Å². The Kier molecular flexibility index (Phi) is 4.71. The predicted molar refractivity (Wildman–Crippen MR) is 87.2 cm³/mol. The Morgan fingerprint density at radius 1 is 1.08 bits per heavy atom. The van der Waals surface area contributed by atoms with Crippen LogP contribution in [0.25, 0.3) is 11.3 Å². The van der Waals surface area contributed by atoms with Gasteiger partial charge in [0.1, 0.15) is 6.33 Å². The lowest BCUT2D eigenvalue weighted by atomic mass is 10.1. The molecule has 1 aromatic carbocycles. The number of nitrogens with one attached hydrogen (secondary N) is 1. The number of hydrogen-bond acceptors (Lipinski definition) is 6. The zero-order chi connectivity index (χ0) is 16.8. The third-order valence-electron chi connectivity index (χ3n) is 3.31. The summed E-state index contributed by atoms with van der Waals surface area (Å²) in [6.07, 6.45) is 1.48. The van der Waals surface area contributed by atoms with E-state index in [9.17, 15) is 4.79 Å². The first-order valence-electron chi connectivity index (χ1n) is 7.28. The first kappa shape index (κ1) is 15.5. The summed E-state index contributed by atoms with van der Waals surface area (Å²) in [5.74, 6) is 0.0277. The summed E-state index contributed by atoms with van der Waals surface area (Å²) in [7, 11) is 1.49. The number of amides is 1. The summed E-state index contributed by atoms with van der Waals surface area (Å²) in [6, 6.07) is 14.8. The second kappa shape index (κ2) is 7.28. The van der Waals surface area contributed by atoms with Crippen LogP contribution in [0.2, 0.25) is 0 Å². The van der Waals surface area contributed by atoms with Gasteiger partial charge in [0.2, 0.25) is 5.88 Å². The zero-order valence-corrected chi connectivity index (χ0v) is 13.0. The quantitative estimate of drug-likeness (QED) is 0.771. The van der Waals surface area contributed by atoms with Crippen LogP contribution >= 0.6 is 0 Å². The van der Waals surface area contributed by atoms with E-state index in [4.69, 9.17) is 4.74 Å². The van der Waals surface area contributed by atoms with Gasteiger partial charge >= 0.3 is 0 Å². The van der Waals surface area contributed by atoms with Crippen molar-refractivity contribution in [3.63, 3.8) is 0 Å². The minimum atomic E-state index is -0.329. The van der Waals surface area contributed by atoms with Gasteiger partial charge in [-0.25, -0.2) is 9.97 Å². The maximum absolute atomic E-state index is 12.1. The van der Waals surface area contributed by atoms with E-state index in [1.165, 1.54) is 13.4 Å². The van der Waals surface area contributed by atoms with E-state index in [1.807, 2.05) is 36.4 Å². The van der Waals surface area contributed by atoms with Crippen LogP contribution in [0, 0.1) is 0 Å². The van der Waals surface area contributed by atoms with Gasteiger partial charge in [-0.1, -0.05) is 30.3 Å². The smallest absolute Gasteiger partial charge is 0.272 e. The van der Waals surface area contributed by atoms with E-state index < -0.39 is 0 Å². The van der Waals surface area contributed by atoms with E-state index in [0.717, 1.165) is 11.3 Å². The minimum Gasteiger partial charge on any atom is -0.480 e. The highest BCUT2D eigenvalue weighted by molar-refractivity contribution is 5.92. The summed E-state index contributed by atoms with van der Waals surface area (Å²) in [4.78, 5) is 20.5. The van der Waals surface area contributed by atoms with Crippen molar-refractivity contribution < 1.29 is 9.53 Å². The Labute approximate surface area is 138 Å². The number of rotatable bonds is 5. The van der Waals surface area contributed by atoms with Crippen molar-refractivity contribution >= 4 is 5.91 Å². The molecule has 0 atom stereocenters. The maximum Gasteiger partial charge on any atom is 0.272 e. The van der Waals surface area contributed by atoms with Crippen LogP contribution in [0.5, 0.6) is 5.88 Å². The lowest BCUT2D eigenvalue weighted by Crippen LogP contribution is -2.24. The van der Waals surface area contributed by atoms with Crippen LogP contribution in [0.1, 0.15) is 16.2 Å². The highest BCUT2D eigenvalue weighted by Gasteiger charge is 2.09. The molecule has 2 heterocycles. The fourth-order valence-electron chi connectivity index (χ4n) is 2.07. The molecule has 1 amide bonds. The Balaban J connectivity index is 1.67. The van der Waals surface area contributed by atoms with Crippen molar-refractivity contribution in [1.82, 2.24) is 25.5 Å². The summed E-state index contributed by atoms with van der Waals surface area (Å²) in [5, 5.41) is 10.3. The molecule has 0 radical (unpaired) electrons. The summed E-state index contributed by atoms with van der Waals surface area (Å²) >= 11 is 0. The minimum absolute atomic E-state index is 0.216. The van der Waals surface area contributed by atoms with Gasteiger partial charge in [-0.15, -0.1) is 10.2 Å². The molecule has 3 rings (SSSR count). The second-order valence-corrected chi connectivity index (χ2v) is 4.90. The van der Waals surface area contributed by atoms with Gasteiger partial charge in [0, 0.05) is 11.6 Å². The summed E-state index contributed by atoms with van der Waals surface area (Å²) in [5.41, 5.74) is 2.72. The SMILES string of the molecule is COc1ccc(C(=O)NCc2cc(-c3ccccc3)ncn2)nn1. The van der Waals surface area contributed by atoms with Crippen LogP contribution in [0.3, 0.4) is 0 Å². The monoisotopic (exact) mass is 321 g/mol. The number of carbonyl (C=O) groups is 1. The predicted octanol–water partition coefficient (Wildman–Crippen LogP) is 1.87. The van der Waals surface area contributed by atoms with E-state index in [2.05, 4.69) is 25.5 Å². The normalized spacial score (nSPS) is 10.2. The number of nitrogens with zero attached hydrogens (tertiary/aromatic N) is 4. The molecule has 0 unspecified atom stereocenters. The lowest BCUT2D eigenvalue weighted by Gasteiger charge is -2.06. The average Bonchev–Trinajstić information content (AvgIpc) is 2.67. The van der Waals surface area contributed by atoms with Crippen molar-refractivity contribution in [3.8, 4) is 17.1 Å². The number of hydrogen-bond donors (Lipinski definition) is 1. The van der Waals surface area contributed by atoms with E-state index in [0.29, 0.717) is 11.6 Å². The molecule has 0 saturated carbocycles. The van der Waals surface area contributed by atoms with Crippen LogP contribution in [0.4, 0.5) is 0 Å². The topological polar surface area (TPSA) is 89.9 Å². The first-order valence-corrected chi connectivity index (χ1v) is 7.28. The van der Waals surface area contributed by atoms with Gasteiger partial charge in [-0.3, -0.25) is 4.79 Å². The molecule has 24 heavy (non-hydrogen) atoms. The first-order chi connectivity index (χ1) is 11.8. The summed E-state index contributed by atoms with van der Waals surface area (Å²) in [6.45, 7) is 0.273. The highest BCUT2D eigenvalue weighted by atomic mass is 16.5. The van der Waals surface area contributed by atoms with Crippen molar-refractivity contribution in [3.05, 3.63) is 66.2 Å². The molecule has 0 fully saturated rings. The Hall–Kier alpha value is -3.35. The molecular formula is C17H15N5O2. The number of methoxy groups -OCH3 is 1. The molecule has 0 aliphatic heterocycles. The van der Waals surface area contributed by atoms with E-state index >= 15 is 0 Å². The molecule has 0 bridgehead atoms. The highest BCUT2D eigenvalue weighted by Crippen LogP contribution is 2.16. The second-order valence-electron chi connectivity index (χ2n) is 4.90. The molecule has 0 aliphatic rings. The number of benzene rings is 1. The number of ether oxygens (including phenoxy) is 1. The zero-order valence-electron chi connectivity index (χ0n) is 13.0. The van der Waals surface area contributed by atoms with Crippen molar-refractivity contribution in [2.75, 3.05) is 7.11 Å². The van der Waals surface area contributed by atoms with Gasteiger partial charge in [0.05, 0.1) is 25.0 Å². The molecule has 0 saturated heterocycles. The Morgan fingerprint density at radius 2 is 1.92 bits per heavy atom. The number of aromatic nitrogens is 4. The lowest BCUT2D eigenvalue weighted by molar-refractivity contribution is 0.0944.